The molecule has 0 atom stereocenters. The number of nitrogens with one attached hydrogen (secondary N) is 2. The largest absolute Gasteiger partial charge is 0.354 e. The number of aromatic nitrogens is 2. The van der Waals surface area contributed by atoms with Crippen LogP contribution < -0.4 is 10.6 Å². The van der Waals surface area contributed by atoms with Crippen LogP contribution in [0.5, 0.6) is 0 Å². The summed E-state index contributed by atoms with van der Waals surface area (Å²) in [4.78, 5) is 8.84. The van der Waals surface area contributed by atoms with E-state index in [1.165, 1.54) is 18.7 Å². The van der Waals surface area contributed by atoms with E-state index in [4.69, 9.17) is 0 Å². The summed E-state index contributed by atoms with van der Waals surface area (Å²) in [6, 6.07) is 0.381. The van der Waals surface area contributed by atoms with Crippen molar-refractivity contribution < 1.29 is 0 Å². The number of imidazole rings is 1. The van der Waals surface area contributed by atoms with Crippen LogP contribution in [0.2, 0.25) is 0 Å². The van der Waals surface area contributed by atoms with E-state index in [9.17, 15) is 0 Å². The van der Waals surface area contributed by atoms with Crippen molar-refractivity contribution in [3.8, 4) is 0 Å². The Kier molecular flexibility index (Phi) is 4.23. The molecule has 1 aliphatic heterocycles. The Labute approximate surface area is 109 Å². The summed E-state index contributed by atoms with van der Waals surface area (Å²) >= 11 is 0. The van der Waals surface area contributed by atoms with Gasteiger partial charge in [0.2, 0.25) is 0 Å². The van der Waals surface area contributed by atoms with E-state index >= 15 is 0 Å². The molecule has 5 heteroatoms. The van der Waals surface area contributed by atoms with Gasteiger partial charge in [0.25, 0.3) is 0 Å². The Bertz CT molecular complexity index is 396. The number of aryl methyl sites for hydroxylation is 2. The Morgan fingerprint density at radius 1 is 1.50 bits per heavy atom. The van der Waals surface area contributed by atoms with Crippen molar-refractivity contribution in [1.29, 1.82) is 0 Å². The van der Waals surface area contributed by atoms with Crippen LogP contribution in [0, 0.1) is 0 Å². The molecule has 1 aliphatic rings. The molecule has 0 fully saturated rings. The summed E-state index contributed by atoms with van der Waals surface area (Å²) < 4.78 is 2.28. The summed E-state index contributed by atoms with van der Waals surface area (Å²) in [6.45, 7) is 6.04. The number of rotatable bonds is 3. The molecule has 0 aliphatic carbocycles. The maximum atomic E-state index is 4.65. The Balaban J connectivity index is 1.91. The van der Waals surface area contributed by atoms with Gasteiger partial charge in [0.15, 0.2) is 5.96 Å². The third-order valence-corrected chi connectivity index (χ3v) is 3.04. The zero-order valence-electron chi connectivity index (χ0n) is 11.5. The standard InChI is InChI=1S/C13H23N5/c1-10(2)16-13(14-3)15-8-11-9-18-7-5-4-6-12(18)17-11/h9-10H,4-8H2,1-3H3,(H2,14,15,16). The molecule has 1 aromatic rings. The number of guanidine groups is 1. The van der Waals surface area contributed by atoms with Crippen molar-refractivity contribution in [2.45, 2.75) is 52.2 Å². The van der Waals surface area contributed by atoms with Gasteiger partial charge in [-0.15, -0.1) is 0 Å². The van der Waals surface area contributed by atoms with E-state index in [2.05, 4.69) is 45.2 Å². The third kappa shape index (κ3) is 3.24. The summed E-state index contributed by atoms with van der Waals surface area (Å²) in [7, 11) is 1.79. The highest BCUT2D eigenvalue weighted by Gasteiger charge is 2.12. The molecule has 0 unspecified atom stereocenters. The first kappa shape index (κ1) is 12.9. The molecule has 0 aromatic carbocycles. The second-order valence-electron chi connectivity index (χ2n) is 5.02. The fraction of sp³-hybridized carbons (Fsp3) is 0.692. The first-order chi connectivity index (χ1) is 8.69. The lowest BCUT2D eigenvalue weighted by molar-refractivity contribution is 0.522. The van der Waals surface area contributed by atoms with Gasteiger partial charge in [0, 0.05) is 32.3 Å². The molecule has 2 N–H and O–H groups in total. The average Bonchev–Trinajstić information content (AvgIpc) is 2.76. The molecule has 5 nitrogen and oxygen atoms in total. The zero-order valence-corrected chi connectivity index (χ0v) is 11.5. The number of nitrogens with zero attached hydrogens (tertiary/aromatic N) is 3. The molecule has 100 valence electrons. The first-order valence-electron chi connectivity index (χ1n) is 6.71. The molecule has 0 radical (unpaired) electrons. The second-order valence-corrected chi connectivity index (χ2v) is 5.02. The lowest BCUT2D eigenvalue weighted by atomic mass is 10.2. The summed E-state index contributed by atoms with van der Waals surface area (Å²) in [5, 5.41) is 6.56. The average molecular weight is 249 g/mol. The number of aliphatic imine (C=N–C) groups is 1. The van der Waals surface area contributed by atoms with Gasteiger partial charge in [0.05, 0.1) is 12.2 Å². The topological polar surface area (TPSA) is 54.2 Å². The molecule has 18 heavy (non-hydrogen) atoms. The van der Waals surface area contributed by atoms with Gasteiger partial charge in [-0.05, 0) is 26.7 Å². The molecule has 0 saturated carbocycles. The minimum absolute atomic E-state index is 0.381. The van der Waals surface area contributed by atoms with Crippen molar-refractivity contribution in [3.05, 3.63) is 17.7 Å². The SMILES string of the molecule is CN=C(NCc1cn2c(n1)CCCC2)NC(C)C. The van der Waals surface area contributed by atoms with E-state index in [-0.39, 0.29) is 0 Å². The summed E-state index contributed by atoms with van der Waals surface area (Å²) in [5.74, 6) is 2.06. The number of fused-ring (bicyclic) bond motifs is 1. The lowest BCUT2D eigenvalue weighted by Crippen LogP contribution is -2.40. The molecule has 0 saturated heterocycles. The maximum Gasteiger partial charge on any atom is 0.191 e. The van der Waals surface area contributed by atoms with Crippen LogP contribution in [-0.2, 0) is 19.5 Å². The lowest BCUT2D eigenvalue weighted by Gasteiger charge is -2.13. The van der Waals surface area contributed by atoms with Gasteiger partial charge in [-0.3, -0.25) is 4.99 Å². The van der Waals surface area contributed by atoms with Gasteiger partial charge in [-0.25, -0.2) is 4.98 Å². The van der Waals surface area contributed by atoms with E-state index < -0.39 is 0 Å². The van der Waals surface area contributed by atoms with Crippen LogP contribution in [0.25, 0.3) is 0 Å². The van der Waals surface area contributed by atoms with Crippen LogP contribution in [0.3, 0.4) is 0 Å². The summed E-state index contributed by atoms with van der Waals surface area (Å²) in [5.41, 5.74) is 1.10. The number of hydrogen-bond acceptors (Lipinski definition) is 2. The predicted octanol–water partition coefficient (Wildman–Crippen LogP) is 1.29. The smallest absolute Gasteiger partial charge is 0.191 e. The highest BCUT2D eigenvalue weighted by Crippen LogP contribution is 2.14. The molecular weight excluding hydrogens is 226 g/mol. The van der Waals surface area contributed by atoms with Gasteiger partial charge >= 0.3 is 0 Å². The van der Waals surface area contributed by atoms with Crippen LogP contribution >= 0.6 is 0 Å². The predicted molar refractivity (Wildman–Crippen MR) is 73.6 cm³/mol. The molecule has 0 spiro atoms. The fourth-order valence-electron chi connectivity index (χ4n) is 2.20. The summed E-state index contributed by atoms with van der Waals surface area (Å²) in [6.07, 6.45) is 5.80. The van der Waals surface area contributed by atoms with Crippen molar-refractivity contribution in [3.63, 3.8) is 0 Å². The van der Waals surface area contributed by atoms with Gasteiger partial charge in [-0.2, -0.15) is 0 Å². The van der Waals surface area contributed by atoms with Crippen molar-refractivity contribution in [2.75, 3.05) is 7.05 Å². The molecule has 1 aromatic heterocycles. The Hall–Kier alpha value is -1.52. The molecule has 2 rings (SSSR count). The minimum atomic E-state index is 0.381. The monoisotopic (exact) mass is 249 g/mol. The van der Waals surface area contributed by atoms with E-state index in [0.717, 1.165) is 31.2 Å². The fourth-order valence-corrected chi connectivity index (χ4v) is 2.20. The van der Waals surface area contributed by atoms with Gasteiger partial charge in [0.1, 0.15) is 5.82 Å². The van der Waals surface area contributed by atoms with Crippen LogP contribution in [0.4, 0.5) is 0 Å². The van der Waals surface area contributed by atoms with Crippen LogP contribution in [0.15, 0.2) is 11.2 Å². The van der Waals surface area contributed by atoms with E-state index in [0.29, 0.717) is 6.04 Å². The van der Waals surface area contributed by atoms with Crippen molar-refractivity contribution in [1.82, 2.24) is 20.2 Å². The maximum absolute atomic E-state index is 4.65. The van der Waals surface area contributed by atoms with E-state index in [1.807, 2.05) is 0 Å². The normalized spacial score (nSPS) is 15.7. The van der Waals surface area contributed by atoms with Crippen LogP contribution in [-0.4, -0.2) is 28.6 Å². The van der Waals surface area contributed by atoms with E-state index in [1.54, 1.807) is 7.05 Å². The first-order valence-corrected chi connectivity index (χ1v) is 6.71. The van der Waals surface area contributed by atoms with Crippen LogP contribution in [0.1, 0.15) is 38.2 Å². The van der Waals surface area contributed by atoms with Crippen molar-refractivity contribution in [2.24, 2.45) is 4.99 Å². The number of hydrogen-bond donors (Lipinski definition) is 2. The highest BCUT2D eigenvalue weighted by molar-refractivity contribution is 5.79. The highest BCUT2D eigenvalue weighted by atomic mass is 15.2. The minimum Gasteiger partial charge on any atom is -0.354 e. The molecule has 2 heterocycles. The third-order valence-electron chi connectivity index (χ3n) is 3.04. The van der Waals surface area contributed by atoms with Gasteiger partial charge in [-0.1, -0.05) is 0 Å². The zero-order chi connectivity index (χ0) is 13.0. The Morgan fingerprint density at radius 3 is 3.00 bits per heavy atom. The van der Waals surface area contributed by atoms with Crippen molar-refractivity contribution >= 4 is 5.96 Å². The second kappa shape index (κ2) is 5.89. The quantitative estimate of drug-likeness (QED) is 0.627. The van der Waals surface area contributed by atoms with Gasteiger partial charge < -0.3 is 15.2 Å². The molecular formula is C13H23N5. The molecule has 0 bridgehead atoms. The molecule has 0 amide bonds. The Morgan fingerprint density at radius 2 is 2.33 bits per heavy atom.